The van der Waals surface area contributed by atoms with Crippen molar-refractivity contribution in [3.05, 3.63) is 41.7 Å². The number of hydrogen-bond donors (Lipinski definition) is 0. The summed E-state index contributed by atoms with van der Waals surface area (Å²) in [4.78, 5) is 0. The van der Waals surface area contributed by atoms with Gasteiger partial charge in [0.1, 0.15) is 17.5 Å². The van der Waals surface area contributed by atoms with Gasteiger partial charge in [-0.1, -0.05) is 0 Å². The number of aryl methyl sites for hydroxylation is 1. The van der Waals surface area contributed by atoms with Crippen molar-refractivity contribution in [2.45, 2.75) is 25.7 Å². The Morgan fingerprint density at radius 3 is 2.50 bits per heavy atom. The summed E-state index contributed by atoms with van der Waals surface area (Å²) in [5, 5.41) is 8.29. The Balaban J connectivity index is 2.10. The van der Waals surface area contributed by atoms with Crippen LogP contribution in [0.4, 0.5) is 4.39 Å². The fourth-order valence-electron chi connectivity index (χ4n) is 1.89. The largest absolute Gasteiger partial charge is 0.283 e. The summed E-state index contributed by atoms with van der Waals surface area (Å²) < 4.78 is 14.9. The molecule has 0 saturated heterocycles. The summed E-state index contributed by atoms with van der Waals surface area (Å²) >= 11 is 0. The molecular weight excluding hydrogens is 205 g/mol. The maximum absolute atomic E-state index is 12.9. The van der Waals surface area contributed by atoms with Crippen LogP contribution in [-0.2, 0) is 0 Å². The Kier molecular flexibility index (Phi) is 2.02. The van der Waals surface area contributed by atoms with Crippen molar-refractivity contribution < 1.29 is 4.39 Å². The highest BCUT2D eigenvalue weighted by Gasteiger charge is 2.30. The van der Waals surface area contributed by atoms with Crippen molar-refractivity contribution in [1.29, 1.82) is 0 Å². The first kappa shape index (κ1) is 9.51. The van der Waals surface area contributed by atoms with Gasteiger partial charge in [-0.3, -0.25) is 4.57 Å². The highest BCUT2D eigenvalue weighted by atomic mass is 19.1. The van der Waals surface area contributed by atoms with Gasteiger partial charge in [-0.05, 0) is 44.0 Å². The van der Waals surface area contributed by atoms with E-state index in [4.69, 9.17) is 0 Å². The Hall–Kier alpha value is -1.71. The molecular formula is C12H12FN3. The van der Waals surface area contributed by atoms with E-state index in [-0.39, 0.29) is 5.82 Å². The third-order valence-corrected chi connectivity index (χ3v) is 2.88. The third-order valence-electron chi connectivity index (χ3n) is 2.88. The van der Waals surface area contributed by atoms with Crippen LogP contribution in [0, 0.1) is 12.7 Å². The molecule has 16 heavy (non-hydrogen) atoms. The lowest BCUT2D eigenvalue weighted by Gasteiger charge is -2.07. The van der Waals surface area contributed by atoms with Gasteiger partial charge in [-0.2, -0.15) is 0 Å². The molecule has 0 N–H and O–H groups in total. The highest BCUT2D eigenvalue weighted by Crippen LogP contribution is 2.39. The van der Waals surface area contributed by atoms with E-state index in [0.29, 0.717) is 5.92 Å². The zero-order valence-corrected chi connectivity index (χ0v) is 9.02. The van der Waals surface area contributed by atoms with Crippen molar-refractivity contribution >= 4 is 0 Å². The lowest BCUT2D eigenvalue weighted by atomic mass is 10.3. The molecule has 0 unspecified atom stereocenters. The molecule has 1 aromatic carbocycles. The van der Waals surface area contributed by atoms with Crippen LogP contribution in [0.5, 0.6) is 0 Å². The van der Waals surface area contributed by atoms with E-state index in [9.17, 15) is 4.39 Å². The minimum absolute atomic E-state index is 0.220. The lowest BCUT2D eigenvalue weighted by Crippen LogP contribution is -2.01. The average molecular weight is 217 g/mol. The van der Waals surface area contributed by atoms with Crippen LogP contribution >= 0.6 is 0 Å². The molecule has 1 heterocycles. The van der Waals surface area contributed by atoms with Gasteiger partial charge in [0.15, 0.2) is 0 Å². The van der Waals surface area contributed by atoms with Gasteiger partial charge in [0.25, 0.3) is 0 Å². The minimum Gasteiger partial charge on any atom is -0.283 e. The van der Waals surface area contributed by atoms with Gasteiger partial charge >= 0.3 is 0 Å². The van der Waals surface area contributed by atoms with E-state index in [1.54, 1.807) is 12.1 Å². The number of halogens is 1. The van der Waals surface area contributed by atoms with Crippen LogP contribution in [0.15, 0.2) is 24.3 Å². The van der Waals surface area contributed by atoms with Crippen molar-refractivity contribution in [3.8, 4) is 5.69 Å². The van der Waals surface area contributed by atoms with Crippen molar-refractivity contribution in [2.24, 2.45) is 0 Å². The zero-order chi connectivity index (χ0) is 11.1. The van der Waals surface area contributed by atoms with E-state index in [1.807, 2.05) is 11.5 Å². The Morgan fingerprint density at radius 2 is 1.88 bits per heavy atom. The first-order chi connectivity index (χ1) is 7.75. The van der Waals surface area contributed by atoms with E-state index >= 15 is 0 Å². The molecule has 0 amide bonds. The molecule has 1 aliphatic carbocycles. The van der Waals surface area contributed by atoms with Crippen LogP contribution in [0.3, 0.4) is 0 Å². The number of nitrogens with zero attached hydrogens (tertiary/aromatic N) is 3. The number of hydrogen-bond acceptors (Lipinski definition) is 2. The smallest absolute Gasteiger partial charge is 0.140 e. The standard InChI is InChI=1S/C12H12FN3/c1-8-14-15-12(9-2-3-9)16(8)11-6-4-10(13)5-7-11/h4-7,9H,2-3H2,1H3. The topological polar surface area (TPSA) is 30.7 Å². The van der Waals surface area contributed by atoms with E-state index in [2.05, 4.69) is 10.2 Å². The summed E-state index contributed by atoms with van der Waals surface area (Å²) in [5.74, 6) is 2.17. The second kappa shape index (κ2) is 3.40. The molecule has 3 rings (SSSR count). The SMILES string of the molecule is Cc1nnc(C2CC2)n1-c1ccc(F)cc1. The van der Waals surface area contributed by atoms with E-state index < -0.39 is 0 Å². The first-order valence-corrected chi connectivity index (χ1v) is 5.43. The average Bonchev–Trinajstić information content (AvgIpc) is 3.05. The van der Waals surface area contributed by atoms with Crippen LogP contribution in [0.2, 0.25) is 0 Å². The fourth-order valence-corrected chi connectivity index (χ4v) is 1.89. The van der Waals surface area contributed by atoms with E-state index in [0.717, 1.165) is 17.3 Å². The third kappa shape index (κ3) is 1.50. The molecule has 0 aliphatic heterocycles. The minimum atomic E-state index is -0.220. The summed E-state index contributed by atoms with van der Waals surface area (Å²) in [7, 11) is 0. The Labute approximate surface area is 92.9 Å². The Morgan fingerprint density at radius 1 is 1.19 bits per heavy atom. The molecule has 82 valence electrons. The van der Waals surface area contributed by atoms with Gasteiger partial charge in [-0.25, -0.2) is 4.39 Å². The summed E-state index contributed by atoms with van der Waals surface area (Å²) in [6, 6.07) is 6.45. The molecule has 0 spiro atoms. The van der Waals surface area contributed by atoms with Crippen LogP contribution in [-0.4, -0.2) is 14.8 Å². The predicted octanol–water partition coefficient (Wildman–Crippen LogP) is 2.59. The molecule has 1 aliphatic rings. The predicted molar refractivity (Wildman–Crippen MR) is 58.0 cm³/mol. The van der Waals surface area contributed by atoms with Crippen molar-refractivity contribution in [1.82, 2.24) is 14.8 Å². The molecule has 1 fully saturated rings. The molecule has 0 atom stereocenters. The Bertz CT molecular complexity index is 512. The molecule has 1 saturated carbocycles. The summed E-state index contributed by atoms with van der Waals surface area (Å²) in [6.07, 6.45) is 2.36. The van der Waals surface area contributed by atoms with Gasteiger partial charge in [0, 0.05) is 11.6 Å². The summed E-state index contributed by atoms with van der Waals surface area (Å²) in [5.41, 5.74) is 0.936. The van der Waals surface area contributed by atoms with Crippen molar-refractivity contribution in [3.63, 3.8) is 0 Å². The van der Waals surface area contributed by atoms with Crippen LogP contribution < -0.4 is 0 Å². The van der Waals surface area contributed by atoms with Crippen LogP contribution in [0.25, 0.3) is 5.69 Å². The molecule has 0 radical (unpaired) electrons. The fraction of sp³-hybridized carbons (Fsp3) is 0.333. The van der Waals surface area contributed by atoms with Gasteiger partial charge in [0.05, 0.1) is 0 Å². The second-order valence-corrected chi connectivity index (χ2v) is 4.19. The molecule has 4 heteroatoms. The normalized spacial score (nSPS) is 15.4. The van der Waals surface area contributed by atoms with Gasteiger partial charge < -0.3 is 0 Å². The number of benzene rings is 1. The number of rotatable bonds is 2. The maximum atomic E-state index is 12.9. The lowest BCUT2D eigenvalue weighted by molar-refractivity contribution is 0.627. The van der Waals surface area contributed by atoms with Crippen molar-refractivity contribution in [2.75, 3.05) is 0 Å². The first-order valence-electron chi connectivity index (χ1n) is 5.43. The zero-order valence-electron chi connectivity index (χ0n) is 9.02. The molecule has 2 aromatic rings. The highest BCUT2D eigenvalue weighted by molar-refractivity contribution is 5.35. The number of aromatic nitrogens is 3. The van der Waals surface area contributed by atoms with E-state index in [1.165, 1.54) is 25.0 Å². The maximum Gasteiger partial charge on any atom is 0.140 e. The van der Waals surface area contributed by atoms with Gasteiger partial charge in [-0.15, -0.1) is 10.2 Å². The molecule has 0 bridgehead atoms. The monoisotopic (exact) mass is 217 g/mol. The van der Waals surface area contributed by atoms with Crippen LogP contribution in [0.1, 0.15) is 30.4 Å². The molecule has 3 nitrogen and oxygen atoms in total. The quantitative estimate of drug-likeness (QED) is 0.774. The molecule has 1 aromatic heterocycles. The van der Waals surface area contributed by atoms with Gasteiger partial charge in [0.2, 0.25) is 0 Å². The summed E-state index contributed by atoms with van der Waals surface area (Å²) in [6.45, 7) is 1.92. The second-order valence-electron chi connectivity index (χ2n) is 4.19.